The summed E-state index contributed by atoms with van der Waals surface area (Å²) < 4.78 is 58.0. The smallest absolute Gasteiger partial charge is 0.407 e. The molecule has 0 heterocycles. The van der Waals surface area contributed by atoms with Crippen LogP contribution in [0.4, 0.5) is 28.9 Å². The molecule has 9 heteroatoms. The van der Waals surface area contributed by atoms with Gasteiger partial charge < -0.3 is 10.5 Å². The highest BCUT2D eigenvalue weighted by atomic mass is 19.4. The third-order valence-corrected chi connectivity index (χ3v) is 3.36. The predicted molar refractivity (Wildman–Crippen MR) is 86.8 cm³/mol. The minimum Gasteiger partial charge on any atom is -0.486 e. The van der Waals surface area contributed by atoms with E-state index in [1.54, 1.807) is 0 Å². The zero-order valence-corrected chi connectivity index (χ0v) is 13.3. The van der Waals surface area contributed by atoms with Crippen LogP contribution in [0.25, 0.3) is 16.0 Å². The Morgan fingerprint density at radius 2 is 2.00 bits per heavy atom. The van der Waals surface area contributed by atoms with E-state index < -0.39 is 29.2 Å². The van der Waals surface area contributed by atoms with E-state index in [4.69, 9.17) is 12.3 Å². The van der Waals surface area contributed by atoms with E-state index in [9.17, 15) is 22.4 Å². The number of benzene rings is 2. The molecule has 0 saturated heterocycles. The van der Waals surface area contributed by atoms with Crippen LogP contribution in [0.3, 0.4) is 0 Å². The normalized spacial score (nSPS) is 11.4. The number of hydrogen-bond donors (Lipinski definition) is 1. The molecule has 0 bridgehead atoms. The van der Waals surface area contributed by atoms with Crippen molar-refractivity contribution in [3.63, 3.8) is 0 Å². The molecule has 26 heavy (non-hydrogen) atoms. The molecule has 5 nitrogen and oxygen atoms in total. The summed E-state index contributed by atoms with van der Waals surface area (Å²) in [6, 6.07) is 4.59. The monoisotopic (exact) mass is 365 g/mol. The van der Waals surface area contributed by atoms with Gasteiger partial charge in [-0.1, -0.05) is 18.2 Å². The van der Waals surface area contributed by atoms with E-state index >= 15 is 0 Å². The molecule has 2 aromatic carbocycles. The molecule has 0 radical (unpaired) electrons. The molecule has 2 rings (SSSR count). The lowest BCUT2D eigenvalue weighted by Crippen LogP contribution is -2.13. The number of ether oxygens (including phenoxy) is 1. The summed E-state index contributed by atoms with van der Waals surface area (Å²) in [7, 11) is 1.27. The Bertz CT molecular complexity index is 931. The summed E-state index contributed by atoms with van der Waals surface area (Å²) in [5, 5.41) is 0. The molecule has 0 saturated carbocycles. The third-order valence-electron chi connectivity index (χ3n) is 3.36. The maximum atomic E-state index is 13.8. The summed E-state index contributed by atoms with van der Waals surface area (Å²) in [4.78, 5) is 18.3. The number of amides is 1. The van der Waals surface area contributed by atoms with E-state index in [0.717, 1.165) is 24.6 Å². The van der Waals surface area contributed by atoms with Crippen LogP contribution in [0.5, 0.6) is 0 Å². The molecule has 0 aliphatic rings. The van der Waals surface area contributed by atoms with Crippen LogP contribution in [0.1, 0.15) is 15.9 Å². The van der Waals surface area contributed by atoms with Crippen LogP contribution in [0, 0.1) is 12.4 Å². The minimum absolute atomic E-state index is 0.0956. The van der Waals surface area contributed by atoms with Crippen molar-refractivity contribution in [2.45, 2.75) is 6.18 Å². The summed E-state index contributed by atoms with van der Waals surface area (Å²) in [5.74, 6) is -1.89. The highest BCUT2D eigenvalue weighted by Crippen LogP contribution is 2.42. The molecule has 0 aliphatic carbocycles. The SMILES string of the molecule is [C-]#[N+]c1ccc(-c2c(N=COC)cc(F)cc2C(N)=O)cc1C(F)(F)F. The number of nitrogens with zero attached hydrogens (tertiary/aromatic N) is 2. The van der Waals surface area contributed by atoms with Gasteiger partial charge >= 0.3 is 6.18 Å². The first-order valence-corrected chi connectivity index (χ1v) is 6.96. The van der Waals surface area contributed by atoms with Crippen molar-refractivity contribution in [1.29, 1.82) is 0 Å². The number of primary amides is 1. The van der Waals surface area contributed by atoms with Gasteiger partial charge in [0.25, 0.3) is 0 Å². The zero-order valence-electron chi connectivity index (χ0n) is 13.3. The quantitative estimate of drug-likeness (QED) is 0.376. The minimum atomic E-state index is -4.79. The molecule has 0 spiro atoms. The molecule has 2 N–H and O–H groups in total. The number of rotatable bonds is 4. The topological polar surface area (TPSA) is 69.0 Å². The predicted octanol–water partition coefficient (Wildman–Crippen LogP) is 4.47. The number of methoxy groups -OCH3 is 1. The van der Waals surface area contributed by atoms with Gasteiger partial charge in [0.15, 0.2) is 12.1 Å². The Labute approximate surface area is 145 Å². The van der Waals surface area contributed by atoms with E-state index in [1.165, 1.54) is 13.2 Å². The molecule has 0 atom stereocenters. The van der Waals surface area contributed by atoms with Gasteiger partial charge in [0.2, 0.25) is 5.91 Å². The van der Waals surface area contributed by atoms with Crippen LogP contribution in [0.2, 0.25) is 0 Å². The van der Waals surface area contributed by atoms with Gasteiger partial charge in [0, 0.05) is 11.6 Å². The van der Waals surface area contributed by atoms with Gasteiger partial charge in [0.05, 0.1) is 30.5 Å². The lowest BCUT2D eigenvalue weighted by Gasteiger charge is -2.14. The van der Waals surface area contributed by atoms with E-state index in [1.807, 2.05) is 0 Å². The first-order chi connectivity index (χ1) is 12.2. The maximum absolute atomic E-state index is 13.8. The lowest BCUT2D eigenvalue weighted by atomic mass is 9.95. The second kappa shape index (κ2) is 7.23. The van der Waals surface area contributed by atoms with Crippen molar-refractivity contribution < 1.29 is 27.1 Å². The summed E-state index contributed by atoms with van der Waals surface area (Å²) in [5.41, 5.74) is 2.75. The zero-order chi connectivity index (χ0) is 19.5. The Morgan fingerprint density at radius 3 is 2.54 bits per heavy atom. The van der Waals surface area contributed by atoms with Crippen molar-refractivity contribution in [3.05, 3.63) is 58.7 Å². The molecular formula is C17H11F4N3O2. The molecule has 0 unspecified atom stereocenters. The van der Waals surface area contributed by atoms with Crippen molar-refractivity contribution in [1.82, 2.24) is 0 Å². The maximum Gasteiger partial charge on any atom is 0.407 e. The van der Waals surface area contributed by atoms with Gasteiger partial charge in [-0.25, -0.2) is 14.2 Å². The highest BCUT2D eigenvalue weighted by Gasteiger charge is 2.34. The third kappa shape index (κ3) is 3.80. The lowest BCUT2D eigenvalue weighted by molar-refractivity contribution is -0.136. The summed E-state index contributed by atoms with van der Waals surface area (Å²) in [6.45, 7) is 6.87. The molecule has 1 amide bonds. The fraction of sp³-hybridized carbons (Fsp3) is 0.118. The molecular weight excluding hydrogens is 354 g/mol. The van der Waals surface area contributed by atoms with Gasteiger partial charge in [-0.3, -0.25) is 4.79 Å². The second-order valence-electron chi connectivity index (χ2n) is 5.02. The molecule has 0 fully saturated rings. The van der Waals surface area contributed by atoms with Gasteiger partial charge in [-0.05, 0) is 11.6 Å². The molecule has 2 aromatic rings. The van der Waals surface area contributed by atoms with Crippen LogP contribution >= 0.6 is 0 Å². The molecule has 0 aliphatic heterocycles. The van der Waals surface area contributed by atoms with Crippen molar-refractivity contribution in [3.8, 4) is 11.1 Å². The Morgan fingerprint density at radius 1 is 1.31 bits per heavy atom. The van der Waals surface area contributed by atoms with Crippen molar-refractivity contribution in [2.75, 3.05) is 7.11 Å². The largest absolute Gasteiger partial charge is 0.486 e. The summed E-state index contributed by atoms with van der Waals surface area (Å²) >= 11 is 0. The number of alkyl halides is 3. The van der Waals surface area contributed by atoms with Crippen molar-refractivity contribution >= 4 is 23.7 Å². The van der Waals surface area contributed by atoms with Gasteiger partial charge in [-0.2, -0.15) is 13.2 Å². The Kier molecular flexibility index (Phi) is 5.26. The van der Waals surface area contributed by atoms with Gasteiger partial charge in [-0.15, -0.1) is 0 Å². The Hall–Kier alpha value is -3.41. The molecule has 134 valence electrons. The Balaban J connectivity index is 2.85. The fourth-order valence-electron chi connectivity index (χ4n) is 2.32. The number of hydrogen-bond acceptors (Lipinski definition) is 3. The van der Waals surface area contributed by atoms with Crippen LogP contribution in [0.15, 0.2) is 35.3 Å². The number of nitrogens with two attached hydrogens (primary N) is 1. The number of aliphatic imine (C=N–C) groups is 1. The van der Waals surface area contributed by atoms with Gasteiger partial charge in [0.1, 0.15) is 5.82 Å². The average molecular weight is 365 g/mol. The average Bonchev–Trinajstić information content (AvgIpc) is 2.58. The second-order valence-corrected chi connectivity index (χ2v) is 5.02. The summed E-state index contributed by atoms with van der Waals surface area (Å²) in [6.07, 6.45) is -3.86. The van der Waals surface area contributed by atoms with Crippen LogP contribution in [-0.4, -0.2) is 19.4 Å². The highest BCUT2D eigenvalue weighted by molar-refractivity contribution is 6.03. The fourth-order valence-corrected chi connectivity index (χ4v) is 2.32. The molecule has 0 aromatic heterocycles. The first-order valence-electron chi connectivity index (χ1n) is 6.96. The number of carbonyl (C=O) groups excluding carboxylic acids is 1. The van der Waals surface area contributed by atoms with Crippen LogP contribution in [-0.2, 0) is 10.9 Å². The number of halogens is 4. The first kappa shape index (κ1) is 18.9. The van der Waals surface area contributed by atoms with E-state index in [-0.39, 0.29) is 22.4 Å². The van der Waals surface area contributed by atoms with E-state index in [2.05, 4.69) is 14.6 Å². The van der Waals surface area contributed by atoms with Crippen molar-refractivity contribution in [2.24, 2.45) is 10.7 Å². The van der Waals surface area contributed by atoms with Crippen LogP contribution < -0.4 is 5.73 Å². The standard InChI is InChI=1S/C17H11F4N3O2/c1-23-13-4-3-9(5-12(13)17(19,20)21)15-11(16(22)25)6-10(18)7-14(15)24-8-26-2/h3-8H,2H3,(H2,22,25). The number of carbonyl (C=O) groups is 1. The van der Waals surface area contributed by atoms with E-state index in [0.29, 0.717) is 6.07 Å².